The molecule has 0 radical (unpaired) electrons. The number of hydrogen-bond acceptors (Lipinski definition) is 6. The molecule has 3 aromatic rings. The molecule has 8 heteroatoms. The number of hydrogen-bond donors (Lipinski definition) is 0. The third-order valence-electron chi connectivity index (χ3n) is 6.82. The highest BCUT2D eigenvalue weighted by atomic mass is 16.2. The summed E-state index contributed by atoms with van der Waals surface area (Å²) in [5.41, 5.74) is 5.00. The summed E-state index contributed by atoms with van der Waals surface area (Å²) in [4.78, 5) is 35.7. The molecular formula is C26H28N6O2. The summed E-state index contributed by atoms with van der Waals surface area (Å²) in [6, 6.07) is 13.8. The highest BCUT2D eigenvalue weighted by molar-refractivity contribution is 6.00. The summed E-state index contributed by atoms with van der Waals surface area (Å²) in [6.45, 7) is 7.15. The molecule has 2 fully saturated rings. The lowest BCUT2D eigenvalue weighted by Gasteiger charge is -2.36. The normalized spacial score (nSPS) is 18.5. The molecule has 0 bridgehead atoms. The summed E-state index contributed by atoms with van der Waals surface area (Å²) in [6.07, 6.45) is 3.74. The standard InChI is InChI=1S/C26H28N6O2/c1-18-3-4-22(15-19(18)2)32-17-21(16-25(32)33)26(34)31-13-11-30(12-14-31)24-6-5-23(28-29-24)20-7-9-27-10-8-20/h3-10,15,21H,11-14,16-17H2,1-2H3. The number of rotatable bonds is 4. The lowest BCUT2D eigenvalue weighted by Crippen LogP contribution is -2.51. The Morgan fingerprint density at radius 1 is 0.912 bits per heavy atom. The largest absolute Gasteiger partial charge is 0.352 e. The Labute approximate surface area is 199 Å². The number of pyridine rings is 1. The highest BCUT2D eigenvalue weighted by Gasteiger charge is 2.38. The Balaban J connectivity index is 1.18. The van der Waals surface area contributed by atoms with Gasteiger partial charge in [0.1, 0.15) is 0 Å². The van der Waals surface area contributed by atoms with Gasteiger partial charge < -0.3 is 14.7 Å². The molecule has 0 spiro atoms. The van der Waals surface area contributed by atoms with Gasteiger partial charge in [-0.3, -0.25) is 14.6 Å². The van der Waals surface area contributed by atoms with Crippen molar-refractivity contribution in [3.8, 4) is 11.3 Å². The molecule has 2 amide bonds. The zero-order chi connectivity index (χ0) is 23.7. The van der Waals surface area contributed by atoms with Crippen LogP contribution in [-0.2, 0) is 9.59 Å². The number of anilines is 2. The van der Waals surface area contributed by atoms with Crippen LogP contribution < -0.4 is 9.80 Å². The minimum Gasteiger partial charge on any atom is -0.352 e. The third-order valence-corrected chi connectivity index (χ3v) is 6.82. The number of nitrogens with zero attached hydrogens (tertiary/aromatic N) is 6. The zero-order valence-corrected chi connectivity index (χ0v) is 19.5. The molecule has 0 aliphatic carbocycles. The van der Waals surface area contributed by atoms with Gasteiger partial charge >= 0.3 is 0 Å². The molecule has 2 aliphatic rings. The van der Waals surface area contributed by atoms with E-state index < -0.39 is 0 Å². The molecule has 174 valence electrons. The maximum absolute atomic E-state index is 13.2. The second-order valence-corrected chi connectivity index (χ2v) is 9.00. The lowest BCUT2D eigenvalue weighted by molar-refractivity contribution is -0.136. The Hall–Kier alpha value is -3.81. The van der Waals surface area contributed by atoms with Crippen LogP contribution in [0.5, 0.6) is 0 Å². The van der Waals surface area contributed by atoms with E-state index in [1.807, 2.05) is 54.3 Å². The van der Waals surface area contributed by atoms with Gasteiger partial charge in [0.05, 0.1) is 11.6 Å². The zero-order valence-electron chi connectivity index (χ0n) is 19.5. The summed E-state index contributed by atoms with van der Waals surface area (Å²) >= 11 is 0. The molecule has 1 aromatic carbocycles. The Morgan fingerprint density at radius 3 is 2.35 bits per heavy atom. The van der Waals surface area contributed by atoms with Gasteiger partial charge in [0.15, 0.2) is 5.82 Å². The average molecular weight is 457 g/mol. The van der Waals surface area contributed by atoms with Crippen molar-refractivity contribution in [3.05, 3.63) is 66.0 Å². The van der Waals surface area contributed by atoms with Gasteiger partial charge in [-0.25, -0.2) is 0 Å². The summed E-state index contributed by atoms with van der Waals surface area (Å²) < 4.78 is 0. The van der Waals surface area contributed by atoms with Crippen LogP contribution in [-0.4, -0.2) is 64.6 Å². The topological polar surface area (TPSA) is 82.5 Å². The molecule has 8 nitrogen and oxygen atoms in total. The van der Waals surface area contributed by atoms with Gasteiger partial charge in [-0.15, -0.1) is 10.2 Å². The van der Waals surface area contributed by atoms with Gasteiger partial charge in [-0.1, -0.05) is 6.07 Å². The smallest absolute Gasteiger partial charge is 0.228 e. The van der Waals surface area contributed by atoms with Crippen molar-refractivity contribution >= 4 is 23.3 Å². The maximum atomic E-state index is 13.2. The van der Waals surface area contributed by atoms with E-state index in [4.69, 9.17) is 0 Å². The van der Waals surface area contributed by atoms with E-state index in [0.29, 0.717) is 32.7 Å². The highest BCUT2D eigenvalue weighted by Crippen LogP contribution is 2.28. The van der Waals surface area contributed by atoms with Gasteiger partial charge in [0, 0.05) is 62.8 Å². The van der Waals surface area contributed by atoms with Crippen molar-refractivity contribution in [2.75, 3.05) is 42.5 Å². The number of benzene rings is 1. The predicted octanol–water partition coefficient (Wildman–Crippen LogP) is 2.86. The molecule has 4 heterocycles. The van der Waals surface area contributed by atoms with Crippen LogP contribution in [0.25, 0.3) is 11.3 Å². The van der Waals surface area contributed by atoms with Crippen molar-refractivity contribution < 1.29 is 9.59 Å². The molecule has 34 heavy (non-hydrogen) atoms. The molecule has 2 aliphatic heterocycles. The van der Waals surface area contributed by atoms with E-state index in [0.717, 1.165) is 28.3 Å². The molecule has 5 rings (SSSR count). The van der Waals surface area contributed by atoms with Crippen LogP contribution >= 0.6 is 0 Å². The summed E-state index contributed by atoms with van der Waals surface area (Å²) in [5.74, 6) is 0.602. The van der Waals surface area contributed by atoms with E-state index in [2.05, 4.69) is 27.0 Å². The van der Waals surface area contributed by atoms with Gasteiger partial charge in [0.25, 0.3) is 0 Å². The fourth-order valence-corrected chi connectivity index (χ4v) is 4.60. The first-order chi connectivity index (χ1) is 16.5. The Kier molecular flexibility index (Phi) is 5.96. The van der Waals surface area contributed by atoms with E-state index in [1.165, 1.54) is 5.56 Å². The predicted molar refractivity (Wildman–Crippen MR) is 130 cm³/mol. The van der Waals surface area contributed by atoms with Crippen LogP contribution in [0.1, 0.15) is 17.5 Å². The van der Waals surface area contributed by atoms with Crippen LogP contribution in [0, 0.1) is 19.8 Å². The third kappa shape index (κ3) is 4.35. The average Bonchev–Trinajstić information content (AvgIpc) is 3.27. The molecule has 0 N–H and O–H groups in total. The minimum absolute atomic E-state index is 0.0183. The first-order valence-electron chi connectivity index (χ1n) is 11.6. The minimum atomic E-state index is -0.292. The number of carbonyl (C=O) groups is 2. The quantitative estimate of drug-likeness (QED) is 0.601. The number of aromatic nitrogens is 3. The van der Waals surface area contributed by atoms with Gasteiger partial charge in [-0.2, -0.15) is 0 Å². The monoisotopic (exact) mass is 456 g/mol. The summed E-state index contributed by atoms with van der Waals surface area (Å²) in [5, 5.41) is 8.75. The van der Waals surface area contributed by atoms with Crippen LogP contribution in [0.2, 0.25) is 0 Å². The number of amides is 2. The van der Waals surface area contributed by atoms with Crippen molar-refractivity contribution in [2.45, 2.75) is 20.3 Å². The van der Waals surface area contributed by atoms with Crippen LogP contribution in [0.15, 0.2) is 54.9 Å². The second kappa shape index (κ2) is 9.21. The lowest BCUT2D eigenvalue weighted by atomic mass is 10.1. The number of carbonyl (C=O) groups excluding carboxylic acids is 2. The van der Waals surface area contributed by atoms with E-state index in [-0.39, 0.29) is 24.2 Å². The van der Waals surface area contributed by atoms with Crippen molar-refractivity contribution in [3.63, 3.8) is 0 Å². The van der Waals surface area contributed by atoms with E-state index >= 15 is 0 Å². The molecular weight excluding hydrogens is 428 g/mol. The van der Waals surface area contributed by atoms with E-state index in [1.54, 1.807) is 17.3 Å². The molecule has 2 saturated heterocycles. The maximum Gasteiger partial charge on any atom is 0.228 e. The number of piperazine rings is 1. The second-order valence-electron chi connectivity index (χ2n) is 9.00. The Morgan fingerprint density at radius 2 is 1.68 bits per heavy atom. The van der Waals surface area contributed by atoms with Gasteiger partial charge in [0.2, 0.25) is 11.8 Å². The SMILES string of the molecule is Cc1ccc(N2CC(C(=O)N3CCN(c4ccc(-c5ccncc5)nn4)CC3)CC2=O)cc1C. The molecule has 1 unspecified atom stereocenters. The van der Waals surface area contributed by atoms with Crippen LogP contribution in [0.4, 0.5) is 11.5 Å². The van der Waals surface area contributed by atoms with Crippen molar-refractivity contribution in [1.29, 1.82) is 0 Å². The fraction of sp³-hybridized carbons (Fsp3) is 0.346. The molecule has 1 atom stereocenters. The Bertz CT molecular complexity index is 1190. The number of aryl methyl sites for hydroxylation is 2. The van der Waals surface area contributed by atoms with Crippen molar-refractivity contribution in [2.24, 2.45) is 5.92 Å². The van der Waals surface area contributed by atoms with Gasteiger partial charge in [-0.05, 0) is 61.4 Å². The van der Waals surface area contributed by atoms with Crippen molar-refractivity contribution in [1.82, 2.24) is 20.1 Å². The molecule has 0 saturated carbocycles. The first-order valence-corrected chi connectivity index (χ1v) is 11.6. The van der Waals surface area contributed by atoms with Crippen LogP contribution in [0.3, 0.4) is 0 Å². The fourth-order valence-electron chi connectivity index (χ4n) is 4.60. The first kappa shape index (κ1) is 22.0. The summed E-state index contributed by atoms with van der Waals surface area (Å²) in [7, 11) is 0. The van der Waals surface area contributed by atoms with E-state index in [9.17, 15) is 9.59 Å². The molecule has 2 aromatic heterocycles.